The molecule has 27 heavy (non-hydrogen) atoms. The molecule has 0 bridgehead atoms. The van der Waals surface area contributed by atoms with E-state index in [-0.39, 0.29) is 11.1 Å². The van der Waals surface area contributed by atoms with Crippen molar-refractivity contribution in [1.29, 1.82) is 0 Å². The van der Waals surface area contributed by atoms with Crippen LogP contribution in [-0.4, -0.2) is 47.5 Å². The molecule has 2 N–H and O–H groups in total. The number of amides is 1. The second kappa shape index (κ2) is 8.01. The maximum absolute atomic E-state index is 12.6. The number of hydrogen-bond donors (Lipinski definition) is 2. The molecule has 0 fully saturated rings. The number of carbonyl (C=O) groups is 1. The number of benzene rings is 1. The summed E-state index contributed by atoms with van der Waals surface area (Å²) in [5, 5.41) is 6.84. The number of nitrogens with zero attached hydrogens (tertiary/aromatic N) is 3. The highest BCUT2D eigenvalue weighted by Crippen LogP contribution is 2.19. The van der Waals surface area contributed by atoms with Gasteiger partial charge in [0.05, 0.1) is 5.52 Å². The first-order chi connectivity index (χ1) is 13.0. The van der Waals surface area contributed by atoms with Gasteiger partial charge in [-0.15, -0.1) is 0 Å². The number of aromatic nitrogens is 2. The average molecular weight is 365 g/mol. The van der Waals surface area contributed by atoms with E-state index in [1.807, 2.05) is 32.3 Å². The largest absolute Gasteiger partial charge is 0.384 e. The van der Waals surface area contributed by atoms with Crippen molar-refractivity contribution in [2.45, 2.75) is 0 Å². The van der Waals surface area contributed by atoms with Gasteiger partial charge in [-0.05, 0) is 50.5 Å². The van der Waals surface area contributed by atoms with Gasteiger partial charge in [-0.25, -0.2) is 4.98 Å². The average Bonchev–Trinajstić information content (AvgIpc) is 2.65. The summed E-state index contributed by atoms with van der Waals surface area (Å²) < 4.78 is 1.49. The molecule has 0 radical (unpaired) electrons. The van der Waals surface area contributed by atoms with Crippen molar-refractivity contribution < 1.29 is 4.79 Å². The molecule has 0 aliphatic heterocycles. The molecule has 0 unspecified atom stereocenters. The molecule has 0 saturated carbocycles. The van der Waals surface area contributed by atoms with Crippen LogP contribution in [0.5, 0.6) is 0 Å². The number of hydrogen-bond acceptors (Lipinski definition) is 5. The van der Waals surface area contributed by atoms with Crippen molar-refractivity contribution in [3.63, 3.8) is 0 Å². The molecule has 7 nitrogen and oxygen atoms in total. The molecule has 0 saturated heterocycles. The van der Waals surface area contributed by atoms with E-state index in [2.05, 4.69) is 20.5 Å². The Balaban J connectivity index is 1.92. The third kappa shape index (κ3) is 4.32. The SMILES string of the molecule is CN(C)CCNc1ccc2c(c1)cc(C(=O)Nc1ccccn1)c(=O)n2C. The minimum atomic E-state index is -0.470. The van der Waals surface area contributed by atoms with Crippen LogP contribution in [0.1, 0.15) is 10.4 Å². The first kappa shape index (κ1) is 18.6. The lowest BCUT2D eigenvalue weighted by Crippen LogP contribution is -2.28. The fraction of sp³-hybridized carbons (Fsp3) is 0.250. The molecule has 1 aromatic carbocycles. The van der Waals surface area contributed by atoms with Gasteiger partial charge in [0, 0.05) is 37.4 Å². The summed E-state index contributed by atoms with van der Waals surface area (Å²) in [6.45, 7) is 1.71. The Kier molecular flexibility index (Phi) is 5.52. The number of rotatable bonds is 6. The predicted octanol–water partition coefficient (Wildman–Crippen LogP) is 2.16. The number of aryl methyl sites for hydroxylation is 1. The van der Waals surface area contributed by atoms with E-state index in [0.29, 0.717) is 5.82 Å². The summed E-state index contributed by atoms with van der Waals surface area (Å²) in [6, 6.07) is 12.6. The quantitative estimate of drug-likeness (QED) is 0.700. The molecular weight excluding hydrogens is 342 g/mol. The molecule has 0 aliphatic carbocycles. The van der Waals surface area contributed by atoms with Crippen LogP contribution in [0, 0.1) is 0 Å². The minimum absolute atomic E-state index is 0.0843. The van der Waals surface area contributed by atoms with Crippen LogP contribution in [0.4, 0.5) is 11.5 Å². The van der Waals surface area contributed by atoms with Crippen molar-refractivity contribution in [2.75, 3.05) is 37.8 Å². The number of pyridine rings is 2. The van der Waals surface area contributed by atoms with Gasteiger partial charge < -0.3 is 20.1 Å². The zero-order valence-corrected chi connectivity index (χ0v) is 15.7. The standard InChI is InChI=1S/C20H23N5O2/c1-24(2)11-10-21-15-7-8-17-14(12-15)13-16(20(27)25(17)3)19(26)23-18-6-4-5-9-22-18/h4-9,12-13,21H,10-11H2,1-3H3,(H,22,23,26). The maximum atomic E-state index is 12.6. The van der Waals surface area contributed by atoms with E-state index in [9.17, 15) is 9.59 Å². The van der Waals surface area contributed by atoms with Gasteiger partial charge >= 0.3 is 0 Å². The van der Waals surface area contributed by atoms with Crippen LogP contribution >= 0.6 is 0 Å². The van der Waals surface area contributed by atoms with Crippen LogP contribution < -0.4 is 16.2 Å². The summed E-state index contributed by atoms with van der Waals surface area (Å²) in [4.78, 5) is 31.3. The molecular formula is C20H23N5O2. The van der Waals surface area contributed by atoms with E-state index in [4.69, 9.17) is 0 Å². The fourth-order valence-electron chi connectivity index (χ4n) is 2.80. The summed E-state index contributed by atoms with van der Waals surface area (Å²) >= 11 is 0. The third-order valence-electron chi connectivity index (χ3n) is 4.26. The van der Waals surface area contributed by atoms with Gasteiger partial charge in [0.1, 0.15) is 11.4 Å². The number of likely N-dealkylation sites (N-methyl/N-ethyl adjacent to an activating group) is 1. The van der Waals surface area contributed by atoms with Crippen molar-refractivity contribution in [3.8, 4) is 0 Å². The number of carbonyl (C=O) groups excluding carboxylic acids is 1. The topological polar surface area (TPSA) is 79.3 Å². The Morgan fingerprint density at radius 1 is 1.19 bits per heavy atom. The first-order valence-corrected chi connectivity index (χ1v) is 8.70. The first-order valence-electron chi connectivity index (χ1n) is 8.70. The maximum Gasteiger partial charge on any atom is 0.263 e. The Hall–Kier alpha value is -3.19. The van der Waals surface area contributed by atoms with Crippen molar-refractivity contribution >= 4 is 28.3 Å². The molecule has 3 aromatic rings. The van der Waals surface area contributed by atoms with Gasteiger partial charge in [-0.2, -0.15) is 0 Å². The van der Waals surface area contributed by atoms with Crippen molar-refractivity contribution in [1.82, 2.24) is 14.5 Å². The predicted molar refractivity (Wildman–Crippen MR) is 108 cm³/mol. The van der Waals surface area contributed by atoms with E-state index in [1.165, 1.54) is 4.57 Å². The second-order valence-corrected chi connectivity index (χ2v) is 6.59. The Bertz CT molecular complexity index is 1010. The highest BCUT2D eigenvalue weighted by atomic mass is 16.2. The van der Waals surface area contributed by atoms with Crippen LogP contribution in [-0.2, 0) is 7.05 Å². The summed E-state index contributed by atoms with van der Waals surface area (Å²) in [7, 11) is 5.70. The van der Waals surface area contributed by atoms with E-state index in [1.54, 1.807) is 37.5 Å². The van der Waals surface area contributed by atoms with Gasteiger partial charge in [0.2, 0.25) is 0 Å². The van der Waals surface area contributed by atoms with Crippen LogP contribution in [0.2, 0.25) is 0 Å². The Morgan fingerprint density at radius 3 is 2.70 bits per heavy atom. The Labute approximate surface area is 157 Å². The molecule has 1 amide bonds. The number of anilines is 2. The zero-order chi connectivity index (χ0) is 19.4. The molecule has 7 heteroatoms. The lowest BCUT2D eigenvalue weighted by molar-refractivity contribution is 0.102. The second-order valence-electron chi connectivity index (χ2n) is 6.59. The molecule has 2 heterocycles. The highest BCUT2D eigenvalue weighted by Gasteiger charge is 2.15. The van der Waals surface area contributed by atoms with E-state index >= 15 is 0 Å². The van der Waals surface area contributed by atoms with Crippen molar-refractivity contribution in [3.05, 3.63) is 64.6 Å². The molecule has 140 valence electrons. The fourth-order valence-corrected chi connectivity index (χ4v) is 2.80. The molecule has 2 aromatic heterocycles. The lowest BCUT2D eigenvalue weighted by Gasteiger charge is -2.13. The lowest BCUT2D eigenvalue weighted by atomic mass is 10.1. The number of fused-ring (bicyclic) bond motifs is 1. The molecule has 0 aliphatic rings. The minimum Gasteiger partial charge on any atom is -0.384 e. The van der Waals surface area contributed by atoms with Crippen LogP contribution in [0.15, 0.2) is 53.5 Å². The normalized spacial score (nSPS) is 11.0. The monoisotopic (exact) mass is 365 g/mol. The van der Waals surface area contributed by atoms with Crippen molar-refractivity contribution in [2.24, 2.45) is 7.05 Å². The summed E-state index contributed by atoms with van der Waals surface area (Å²) in [5.41, 5.74) is 1.46. The van der Waals surface area contributed by atoms with Gasteiger partial charge in [0.15, 0.2) is 0 Å². The van der Waals surface area contributed by atoms with E-state index in [0.717, 1.165) is 29.7 Å². The zero-order valence-electron chi connectivity index (χ0n) is 15.7. The summed E-state index contributed by atoms with van der Waals surface area (Å²) in [5.74, 6) is -0.0640. The van der Waals surface area contributed by atoms with Crippen LogP contribution in [0.25, 0.3) is 10.9 Å². The molecule has 3 rings (SSSR count). The third-order valence-corrected chi connectivity index (χ3v) is 4.26. The van der Waals surface area contributed by atoms with E-state index < -0.39 is 5.91 Å². The van der Waals surface area contributed by atoms with Gasteiger partial charge in [0.25, 0.3) is 11.5 Å². The molecule has 0 spiro atoms. The summed E-state index contributed by atoms with van der Waals surface area (Å²) in [6.07, 6.45) is 1.58. The molecule has 0 atom stereocenters. The van der Waals surface area contributed by atoms with Crippen LogP contribution in [0.3, 0.4) is 0 Å². The number of nitrogens with one attached hydrogen (secondary N) is 2. The van der Waals surface area contributed by atoms with Gasteiger partial charge in [-0.1, -0.05) is 6.07 Å². The van der Waals surface area contributed by atoms with Gasteiger partial charge in [-0.3, -0.25) is 9.59 Å². The highest BCUT2D eigenvalue weighted by molar-refractivity contribution is 6.05. The Morgan fingerprint density at radius 2 is 2.00 bits per heavy atom. The smallest absolute Gasteiger partial charge is 0.263 e.